The molecule has 0 bridgehead atoms. The van der Waals surface area contributed by atoms with E-state index in [0.717, 1.165) is 11.3 Å². The molecular formula is C17H21N3O3S. The number of rotatable bonds is 7. The summed E-state index contributed by atoms with van der Waals surface area (Å²) in [6, 6.07) is 14.4. The molecule has 0 spiro atoms. The van der Waals surface area contributed by atoms with Crippen LogP contribution in [0.25, 0.3) is 0 Å². The maximum atomic E-state index is 12.3. The summed E-state index contributed by atoms with van der Waals surface area (Å²) >= 11 is 0. The van der Waals surface area contributed by atoms with Crippen molar-refractivity contribution >= 4 is 21.6 Å². The number of para-hydroxylation sites is 1. The summed E-state index contributed by atoms with van der Waals surface area (Å²) in [5.74, 6) is -0.303. The van der Waals surface area contributed by atoms with Crippen LogP contribution in [0.4, 0.5) is 5.69 Å². The third-order valence-electron chi connectivity index (χ3n) is 3.40. The van der Waals surface area contributed by atoms with Crippen molar-refractivity contribution in [1.29, 1.82) is 0 Å². The standard InChI is InChI=1S/C17H21N3O3S/c1-13-8-9-14(2)16(12-13)24(22,23)18-11-10-17(21)20-19-15-6-4-3-5-7-15/h3-9,12,18-19H,10-11H2,1-2H3,(H,20,21). The van der Waals surface area contributed by atoms with E-state index in [1.807, 2.05) is 43.3 Å². The van der Waals surface area contributed by atoms with E-state index in [1.54, 1.807) is 19.1 Å². The first-order chi connectivity index (χ1) is 11.4. The van der Waals surface area contributed by atoms with Crippen LogP contribution in [0, 0.1) is 13.8 Å². The molecule has 0 radical (unpaired) electrons. The first-order valence-electron chi connectivity index (χ1n) is 7.55. The van der Waals surface area contributed by atoms with Gasteiger partial charge < -0.3 is 0 Å². The first-order valence-corrected chi connectivity index (χ1v) is 9.03. The number of anilines is 1. The third-order valence-corrected chi connectivity index (χ3v) is 5.00. The van der Waals surface area contributed by atoms with E-state index in [2.05, 4.69) is 15.6 Å². The summed E-state index contributed by atoms with van der Waals surface area (Å²) in [7, 11) is -3.63. The van der Waals surface area contributed by atoms with Crippen LogP contribution >= 0.6 is 0 Å². The highest BCUT2D eigenvalue weighted by molar-refractivity contribution is 7.89. The summed E-state index contributed by atoms with van der Waals surface area (Å²) < 4.78 is 27.1. The smallest absolute Gasteiger partial charge is 0.240 e. The number of hydrazine groups is 1. The number of carbonyl (C=O) groups is 1. The Kier molecular flexibility index (Phi) is 5.94. The van der Waals surface area contributed by atoms with Crippen molar-refractivity contribution in [1.82, 2.24) is 10.1 Å². The van der Waals surface area contributed by atoms with E-state index in [4.69, 9.17) is 0 Å². The summed E-state index contributed by atoms with van der Waals surface area (Å²) in [6.45, 7) is 3.60. The van der Waals surface area contributed by atoms with Crippen molar-refractivity contribution in [3.63, 3.8) is 0 Å². The molecule has 2 rings (SSSR count). The van der Waals surface area contributed by atoms with Crippen LogP contribution in [-0.4, -0.2) is 20.9 Å². The lowest BCUT2D eigenvalue weighted by molar-refractivity contribution is -0.120. The Morgan fingerprint density at radius 2 is 1.75 bits per heavy atom. The zero-order chi connectivity index (χ0) is 17.6. The summed E-state index contributed by atoms with van der Waals surface area (Å²) in [6.07, 6.45) is 0.0317. The Morgan fingerprint density at radius 1 is 1.04 bits per heavy atom. The molecule has 24 heavy (non-hydrogen) atoms. The number of hydrogen-bond donors (Lipinski definition) is 3. The number of sulfonamides is 1. The van der Waals surface area contributed by atoms with Crippen molar-refractivity contribution in [2.75, 3.05) is 12.0 Å². The van der Waals surface area contributed by atoms with E-state index in [0.29, 0.717) is 5.56 Å². The fourth-order valence-electron chi connectivity index (χ4n) is 2.10. The largest absolute Gasteiger partial charge is 0.299 e. The van der Waals surface area contributed by atoms with Gasteiger partial charge in [0.25, 0.3) is 0 Å². The van der Waals surface area contributed by atoms with Crippen LogP contribution in [0.5, 0.6) is 0 Å². The Balaban J connectivity index is 1.84. The van der Waals surface area contributed by atoms with E-state index in [-0.39, 0.29) is 23.8 Å². The normalized spacial score (nSPS) is 11.1. The molecular weight excluding hydrogens is 326 g/mol. The molecule has 2 aromatic carbocycles. The SMILES string of the molecule is Cc1ccc(C)c(S(=O)(=O)NCCC(=O)NNc2ccccc2)c1. The molecule has 0 heterocycles. The van der Waals surface area contributed by atoms with E-state index < -0.39 is 10.0 Å². The molecule has 0 unspecified atom stereocenters. The van der Waals surface area contributed by atoms with Crippen LogP contribution in [-0.2, 0) is 14.8 Å². The second-order valence-corrected chi connectivity index (χ2v) is 7.19. The van der Waals surface area contributed by atoms with Gasteiger partial charge in [0, 0.05) is 13.0 Å². The van der Waals surface area contributed by atoms with Gasteiger partial charge in [-0.1, -0.05) is 30.3 Å². The number of carbonyl (C=O) groups excluding carboxylic acids is 1. The molecule has 1 amide bonds. The van der Waals surface area contributed by atoms with Crippen LogP contribution in [0.3, 0.4) is 0 Å². The summed E-state index contributed by atoms with van der Waals surface area (Å²) in [4.78, 5) is 12.0. The number of nitrogens with one attached hydrogen (secondary N) is 3. The molecule has 0 aliphatic heterocycles. The fraction of sp³-hybridized carbons (Fsp3) is 0.235. The topological polar surface area (TPSA) is 87.3 Å². The molecule has 128 valence electrons. The van der Waals surface area contributed by atoms with Crippen LogP contribution in [0.2, 0.25) is 0 Å². The predicted molar refractivity (Wildman–Crippen MR) is 93.9 cm³/mol. The van der Waals surface area contributed by atoms with E-state index in [9.17, 15) is 13.2 Å². The molecule has 0 aliphatic rings. The minimum absolute atomic E-state index is 0.0258. The fourth-order valence-corrected chi connectivity index (χ4v) is 3.46. The number of hydrogen-bond acceptors (Lipinski definition) is 4. The van der Waals surface area contributed by atoms with Crippen molar-refractivity contribution in [3.05, 3.63) is 59.7 Å². The molecule has 0 fully saturated rings. The average molecular weight is 347 g/mol. The Morgan fingerprint density at radius 3 is 2.46 bits per heavy atom. The van der Waals surface area contributed by atoms with Crippen molar-refractivity contribution in [2.45, 2.75) is 25.2 Å². The molecule has 6 nitrogen and oxygen atoms in total. The monoisotopic (exact) mass is 347 g/mol. The van der Waals surface area contributed by atoms with Crippen molar-refractivity contribution in [2.24, 2.45) is 0 Å². The van der Waals surface area contributed by atoms with E-state index in [1.165, 1.54) is 0 Å². The van der Waals surface area contributed by atoms with Gasteiger partial charge in [-0.2, -0.15) is 0 Å². The van der Waals surface area contributed by atoms with Gasteiger partial charge in [-0.3, -0.25) is 15.6 Å². The lowest BCUT2D eigenvalue weighted by Gasteiger charge is -2.11. The Hall–Kier alpha value is -2.38. The second kappa shape index (κ2) is 7.94. The summed E-state index contributed by atoms with van der Waals surface area (Å²) in [5, 5.41) is 0. The minimum atomic E-state index is -3.63. The molecule has 0 atom stereocenters. The zero-order valence-corrected chi connectivity index (χ0v) is 14.5. The highest BCUT2D eigenvalue weighted by Gasteiger charge is 2.16. The van der Waals surface area contributed by atoms with Gasteiger partial charge >= 0.3 is 0 Å². The highest BCUT2D eigenvalue weighted by Crippen LogP contribution is 2.16. The van der Waals surface area contributed by atoms with E-state index >= 15 is 0 Å². The zero-order valence-electron chi connectivity index (χ0n) is 13.7. The second-order valence-electron chi connectivity index (χ2n) is 5.46. The number of aryl methyl sites for hydroxylation is 2. The van der Waals surface area contributed by atoms with Gasteiger partial charge in [0.15, 0.2) is 0 Å². The molecule has 7 heteroatoms. The number of amides is 1. The highest BCUT2D eigenvalue weighted by atomic mass is 32.2. The maximum Gasteiger partial charge on any atom is 0.240 e. The van der Waals surface area contributed by atoms with Crippen molar-refractivity contribution < 1.29 is 13.2 Å². The number of benzene rings is 2. The van der Waals surface area contributed by atoms with Crippen LogP contribution in [0.1, 0.15) is 17.5 Å². The maximum absolute atomic E-state index is 12.3. The molecule has 0 aliphatic carbocycles. The predicted octanol–water partition coefficient (Wildman–Crippen LogP) is 2.12. The van der Waals surface area contributed by atoms with Crippen LogP contribution in [0.15, 0.2) is 53.4 Å². The van der Waals surface area contributed by atoms with Gasteiger partial charge in [-0.05, 0) is 43.2 Å². The summed E-state index contributed by atoms with van der Waals surface area (Å²) in [5.41, 5.74) is 7.57. The molecule has 0 aromatic heterocycles. The first kappa shape index (κ1) is 18.0. The average Bonchev–Trinajstić information content (AvgIpc) is 2.56. The quantitative estimate of drug-likeness (QED) is 0.670. The van der Waals surface area contributed by atoms with Crippen molar-refractivity contribution in [3.8, 4) is 0 Å². The Bertz CT molecular complexity index is 805. The molecule has 2 aromatic rings. The lowest BCUT2D eigenvalue weighted by atomic mass is 10.2. The molecule has 0 saturated heterocycles. The Labute approximate surface area is 142 Å². The third kappa shape index (κ3) is 5.07. The van der Waals surface area contributed by atoms with Gasteiger partial charge in [-0.15, -0.1) is 0 Å². The molecule has 0 saturated carbocycles. The van der Waals surface area contributed by atoms with Gasteiger partial charge in [0.1, 0.15) is 0 Å². The molecule has 3 N–H and O–H groups in total. The van der Waals surface area contributed by atoms with Gasteiger partial charge in [0.2, 0.25) is 15.9 Å². The van der Waals surface area contributed by atoms with Crippen LogP contribution < -0.4 is 15.6 Å². The van der Waals surface area contributed by atoms with Gasteiger partial charge in [-0.25, -0.2) is 13.1 Å². The minimum Gasteiger partial charge on any atom is -0.299 e. The van der Waals surface area contributed by atoms with Gasteiger partial charge in [0.05, 0.1) is 10.6 Å². The lowest BCUT2D eigenvalue weighted by Crippen LogP contribution is -2.33.